The summed E-state index contributed by atoms with van der Waals surface area (Å²) in [5.74, 6) is 1.14. The Bertz CT molecular complexity index is 506. The van der Waals surface area contributed by atoms with E-state index in [1.807, 2.05) is 19.3 Å². The van der Waals surface area contributed by atoms with Crippen molar-refractivity contribution in [1.82, 2.24) is 10.8 Å². The van der Waals surface area contributed by atoms with Crippen molar-refractivity contribution >= 4 is 23.6 Å². The van der Waals surface area contributed by atoms with Crippen molar-refractivity contribution in [2.24, 2.45) is 10.8 Å². The zero-order chi connectivity index (χ0) is 18.6. The monoisotopic (exact) mass is 354 g/mol. The molecule has 0 atom stereocenters. The van der Waals surface area contributed by atoms with Gasteiger partial charge in [0.2, 0.25) is 12.1 Å². The summed E-state index contributed by atoms with van der Waals surface area (Å²) in [6.07, 6.45) is 6.33. The predicted molar refractivity (Wildman–Crippen MR) is 92.0 cm³/mol. The van der Waals surface area contributed by atoms with Crippen LogP contribution in [0.15, 0.2) is 0 Å². The Hall–Kier alpha value is -1.93. The van der Waals surface area contributed by atoms with Gasteiger partial charge in [0.25, 0.3) is 0 Å². The molecule has 24 heavy (non-hydrogen) atoms. The first kappa shape index (κ1) is 22.1. The number of carbonyl (C=O) groups excluding carboxylic acids is 2. The van der Waals surface area contributed by atoms with Crippen LogP contribution in [0.5, 0.6) is 0 Å². The molecule has 0 aliphatic carbocycles. The first-order valence-electron chi connectivity index (χ1n) is 7.80. The smallest absolute Gasteiger partial charge is 0.333 e. The van der Waals surface area contributed by atoms with Gasteiger partial charge in [0.15, 0.2) is 6.19 Å². The fraction of sp³-hybridized carbons (Fsp3) is 0.750. The highest BCUT2D eigenvalue weighted by Crippen LogP contribution is 2.26. The van der Waals surface area contributed by atoms with E-state index in [2.05, 4.69) is 10.2 Å². The average molecular weight is 354 g/mol. The van der Waals surface area contributed by atoms with Crippen molar-refractivity contribution in [2.75, 3.05) is 11.5 Å². The third kappa shape index (κ3) is 8.64. The summed E-state index contributed by atoms with van der Waals surface area (Å²) in [5.41, 5.74) is 0.720. The van der Waals surface area contributed by atoms with Gasteiger partial charge in [0.05, 0.1) is 5.41 Å². The molecule has 0 spiro atoms. The van der Waals surface area contributed by atoms with Crippen LogP contribution in [0.25, 0.3) is 0 Å². The Kier molecular flexibility index (Phi) is 9.91. The van der Waals surface area contributed by atoms with Gasteiger partial charge in [-0.2, -0.15) is 27.8 Å². The van der Waals surface area contributed by atoms with E-state index in [0.717, 1.165) is 24.3 Å². The summed E-state index contributed by atoms with van der Waals surface area (Å²) in [6, 6.07) is 0. The van der Waals surface area contributed by atoms with Gasteiger partial charge in [-0.25, -0.2) is 4.79 Å². The van der Waals surface area contributed by atoms with Gasteiger partial charge >= 0.3 is 5.97 Å². The lowest BCUT2D eigenvalue weighted by molar-refractivity contribution is -0.159. The molecule has 0 bridgehead atoms. The number of amides is 1. The highest BCUT2D eigenvalue weighted by molar-refractivity contribution is 7.99. The van der Waals surface area contributed by atoms with E-state index < -0.39 is 16.8 Å². The summed E-state index contributed by atoms with van der Waals surface area (Å²) >= 11 is 1.77. The van der Waals surface area contributed by atoms with Crippen LogP contribution in [0.1, 0.15) is 53.4 Å². The van der Waals surface area contributed by atoms with Crippen LogP contribution in [0.2, 0.25) is 0 Å². The fourth-order valence-corrected chi connectivity index (χ4v) is 2.88. The number of nitrogens with zero attached hydrogens (tertiary/aromatic N) is 2. The molecule has 0 aromatic heterocycles. The first-order chi connectivity index (χ1) is 11.2. The van der Waals surface area contributed by atoms with Crippen molar-refractivity contribution in [3.8, 4) is 12.4 Å². The van der Waals surface area contributed by atoms with Crippen LogP contribution in [0, 0.1) is 33.7 Å². The van der Waals surface area contributed by atoms with E-state index >= 15 is 0 Å². The number of carbonyl (C=O) groups is 2. The quantitative estimate of drug-likeness (QED) is 0.253. The van der Waals surface area contributed by atoms with E-state index in [9.17, 15) is 9.59 Å². The van der Waals surface area contributed by atoms with E-state index in [-0.39, 0.29) is 5.91 Å². The molecule has 0 saturated heterocycles. The van der Waals surface area contributed by atoms with Crippen LogP contribution in [-0.4, -0.2) is 23.4 Å². The van der Waals surface area contributed by atoms with Gasteiger partial charge in [0, 0.05) is 5.41 Å². The van der Waals surface area contributed by atoms with Crippen molar-refractivity contribution in [3.63, 3.8) is 0 Å². The van der Waals surface area contributed by atoms with Gasteiger partial charge in [-0.05, 0) is 51.0 Å². The third-order valence-corrected chi connectivity index (χ3v) is 4.86. The Morgan fingerprint density at radius 3 is 2.04 bits per heavy atom. The fourth-order valence-electron chi connectivity index (χ4n) is 1.98. The molecule has 0 fully saturated rings. The molecule has 7 nitrogen and oxygen atoms in total. The molecule has 0 aromatic rings. The zero-order valence-corrected chi connectivity index (χ0v) is 15.6. The second-order valence-electron chi connectivity index (χ2n) is 6.76. The Morgan fingerprint density at radius 1 is 1.00 bits per heavy atom. The summed E-state index contributed by atoms with van der Waals surface area (Å²) < 4.78 is 0. The number of thioether (sulfide) groups is 1. The molecule has 0 saturated carbocycles. The largest absolute Gasteiger partial charge is 0.338 e. The lowest BCUT2D eigenvalue weighted by Gasteiger charge is -2.22. The maximum absolute atomic E-state index is 11.7. The molecule has 0 unspecified atom stereocenters. The van der Waals surface area contributed by atoms with E-state index in [1.54, 1.807) is 38.0 Å². The van der Waals surface area contributed by atoms with Crippen LogP contribution in [-0.2, 0) is 14.4 Å². The highest BCUT2D eigenvalue weighted by Gasteiger charge is 2.29. The van der Waals surface area contributed by atoms with Crippen molar-refractivity contribution < 1.29 is 14.4 Å². The normalized spacial score (nSPS) is 11.1. The van der Waals surface area contributed by atoms with Gasteiger partial charge in [-0.3, -0.25) is 10.1 Å². The Morgan fingerprint density at radius 2 is 1.54 bits per heavy atom. The number of nitriles is 2. The molecule has 134 valence electrons. The van der Waals surface area contributed by atoms with Crippen LogP contribution in [0.4, 0.5) is 0 Å². The molecule has 0 heterocycles. The second-order valence-corrected chi connectivity index (χ2v) is 7.98. The summed E-state index contributed by atoms with van der Waals surface area (Å²) in [5, 5.41) is 19.0. The summed E-state index contributed by atoms with van der Waals surface area (Å²) in [7, 11) is 0. The predicted octanol–water partition coefficient (Wildman–Crippen LogP) is 2.46. The zero-order valence-electron chi connectivity index (χ0n) is 14.8. The number of hydrogen-bond donors (Lipinski definition) is 2. The minimum atomic E-state index is -0.637. The Balaban J connectivity index is 3.88. The number of nitrogens with one attached hydrogen (secondary N) is 2. The lowest BCUT2D eigenvalue weighted by atomic mass is 9.87. The van der Waals surface area contributed by atoms with Gasteiger partial charge in [-0.15, -0.1) is 0 Å². The highest BCUT2D eigenvalue weighted by atomic mass is 32.2. The second kappa shape index (κ2) is 10.8. The first-order valence-corrected chi connectivity index (χ1v) is 8.95. The molecule has 0 aromatic carbocycles. The van der Waals surface area contributed by atoms with Crippen molar-refractivity contribution in [2.45, 2.75) is 53.4 Å². The van der Waals surface area contributed by atoms with Crippen molar-refractivity contribution in [1.29, 1.82) is 10.5 Å². The van der Waals surface area contributed by atoms with Gasteiger partial charge in [0.1, 0.15) is 0 Å². The molecule has 0 radical (unpaired) electrons. The molecule has 8 heteroatoms. The summed E-state index contributed by atoms with van der Waals surface area (Å²) in [4.78, 5) is 28.0. The van der Waals surface area contributed by atoms with Crippen LogP contribution < -0.4 is 10.8 Å². The topological polar surface area (TPSA) is 115 Å². The maximum Gasteiger partial charge on any atom is 0.338 e. The minimum absolute atomic E-state index is 0.249. The lowest BCUT2D eigenvalue weighted by Crippen LogP contribution is -2.34. The minimum Gasteiger partial charge on any atom is -0.333 e. The molecule has 2 N–H and O–H groups in total. The average Bonchev–Trinajstić information content (AvgIpc) is 2.51. The molecular weight excluding hydrogens is 328 g/mol. The van der Waals surface area contributed by atoms with Crippen molar-refractivity contribution in [3.05, 3.63) is 0 Å². The van der Waals surface area contributed by atoms with Gasteiger partial charge < -0.3 is 4.84 Å². The Labute approximate surface area is 148 Å². The number of rotatable bonds is 11. The molecule has 0 aliphatic rings. The standard InChI is InChI=1S/C16H26N4O3S/c1-15(2,13(21)19-11-17)7-5-9-24-10-6-8-16(3,4)14(22)23-20-12-18/h20H,5-10H2,1-4H3,(H,19,21). The van der Waals surface area contributed by atoms with Crippen LogP contribution >= 0.6 is 11.8 Å². The number of hydrogen-bond acceptors (Lipinski definition) is 7. The van der Waals surface area contributed by atoms with E-state index in [0.29, 0.717) is 12.8 Å². The summed E-state index contributed by atoms with van der Waals surface area (Å²) in [6.45, 7) is 7.23. The third-order valence-electron chi connectivity index (χ3n) is 3.71. The molecule has 0 aliphatic heterocycles. The number of hydroxylamine groups is 1. The SMILES string of the molecule is CC(C)(CCCSCCCC(C)(C)C(=O)ONC#N)C(=O)NC#N. The molecular formula is C16H26N4O3S. The van der Waals surface area contributed by atoms with Gasteiger partial charge in [-0.1, -0.05) is 13.8 Å². The van der Waals surface area contributed by atoms with E-state index in [4.69, 9.17) is 10.5 Å². The molecule has 1 amide bonds. The molecule has 0 rings (SSSR count). The van der Waals surface area contributed by atoms with E-state index in [1.165, 1.54) is 0 Å². The van der Waals surface area contributed by atoms with Crippen LogP contribution in [0.3, 0.4) is 0 Å². The maximum atomic E-state index is 11.7.